The molecule has 10 heavy (non-hydrogen) atoms. The molecule has 0 aliphatic heterocycles. The van der Waals surface area contributed by atoms with Gasteiger partial charge in [0.25, 0.3) is 0 Å². The first-order chi connectivity index (χ1) is 4.36. The number of amidine groups is 1. The molecule has 0 amide bonds. The van der Waals surface area contributed by atoms with Gasteiger partial charge < -0.3 is 10.5 Å². The van der Waals surface area contributed by atoms with Crippen LogP contribution in [0.25, 0.3) is 0 Å². The second kappa shape index (κ2) is 2.66. The van der Waals surface area contributed by atoms with Gasteiger partial charge in [0.1, 0.15) is 0 Å². The van der Waals surface area contributed by atoms with Crippen LogP contribution in [0, 0.1) is 5.41 Å². The molecule has 58 valence electrons. The van der Waals surface area contributed by atoms with Crippen molar-refractivity contribution in [2.45, 2.75) is 19.6 Å². The zero-order chi connectivity index (χ0) is 8.36. The zero-order valence-electron chi connectivity index (χ0n) is 5.97. The molecule has 0 bridgehead atoms. The van der Waals surface area contributed by atoms with E-state index in [1.807, 2.05) is 0 Å². The highest BCUT2D eigenvalue weighted by molar-refractivity contribution is 5.87. The van der Waals surface area contributed by atoms with Crippen molar-refractivity contribution in [3.05, 3.63) is 0 Å². The van der Waals surface area contributed by atoms with Crippen molar-refractivity contribution < 1.29 is 9.53 Å². The van der Waals surface area contributed by atoms with Crippen molar-refractivity contribution >= 4 is 11.8 Å². The fourth-order valence-electron chi connectivity index (χ4n) is 0.354. The summed E-state index contributed by atoms with van der Waals surface area (Å²) in [5.41, 5.74) is 8.80. The summed E-state index contributed by atoms with van der Waals surface area (Å²) in [7, 11) is 0. The fourth-order valence-corrected chi connectivity index (χ4v) is 0.354. The number of carbonyl (C=O) groups is 1. The van der Waals surface area contributed by atoms with Gasteiger partial charge >= 0.3 is 5.97 Å². The lowest BCUT2D eigenvalue weighted by atomic mass is 10.2. The van der Waals surface area contributed by atoms with Gasteiger partial charge in [0.15, 0.2) is 5.84 Å². The number of nitrogens with one attached hydrogen (secondary N) is 1. The Morgan fingerprint density at radius 3 is 2.20 bits per heavy atom. The molecule has 0 aromatic heterocycles. The Labute approximate surface area is 58.8 Å². The van der Waals surface area contributed by atoms with E-state index in [4.69, 9.17) is 16.9 Å². The standard InChI is InChI=1S/C5H11N3O2/c1-3(9)10-5(2,8)4(6)7/h8H2,1-2H3,(H3,6,7). The minimum atomic E-state index is -1.47. The molecule has 5 nitrogen and oxygen atoms in total. The van der Waals surface area contributed by atoms with Crippen LogP contribution in [0.3, 0.4) is 0 Å². The van der Waals surface area contributed by atoms with Gasteiger partial charge in [-0.3, -0.25) is 15.9 Å². The summed E-state index contributed by atoms with van der Waals surface area (Å²) in [6.07, 6.45) is 0. The van der Waals surface area contributed by atoms with Crippen molar-refractivity contribution in [1.29, 1.82) is 5.41 Å². The van der Waals surface area contributed by atoms with E-state index >= 15 is 0 Å². The number of ether oxygens (including phenoxy) is 1. The van der Waals surface area contributed by atoms with E-state index in [0.29, 0.717) is 0 Å². The predicted octanol–water partition coefficient (Wildman–Crippen LogP) is -0.840. The fraction of sp³-hybridized carbons (Fsp3) is 0.600. The monoisotopic (exact) mass is 145 g/mol. The Balaban J connectivity index is 4.13. The third-order valence-corrected chi connectivity index (χ3v) is 0.891. The third-order valence-electron chi connectivity index (χ3n) is 0.891. The quantitative estimate of drug-likeness (QED) is 0.204. The van der Waals surface area contributed by atoms with Crippen LogP contribution < -0.4 is 11.5 Å². The maximum atomic E-state index is 10.3. The number of nitrogens with two attached hydrogens (primary N) is 2. The molecule has 5 N–H and O–H groups in total. The summed E-state index contributed by atoms with van der Waals surface area (Å²) in [6, 6.07) is 0. The smallest absolute Gasteiger partial charge is 0.304 e. The Kier molecular flexibility index (Phi) is 2.36. The van der Waals surface area contributed by atoms with Crippen LogP contribution in [-0.4, -0.2) is 17.5 Å². The number of hydrogen-bond acceptors (Lipinski definition) is 4. The molecule has 0 rings (SSSR count). The van der Waals surface area contributed by atoms with Crippen LogP contribution in [0.4, 0.5) is 0 Å². The molecule has 1 unspecified atom stereocenters. The lowest BCUT2D eigenvalue weighted by molar-refractivity contribution is -0.149. The van der Waals surface area contributed by atoms with Gasteiger partial charge in [-0.25, -0.2) is 0 Å². The lowest BCUT2D eigenvalue weighted by Crippen LogP contribution is -2.52. The summed E-state index contributed by atoms with van der Waals surface area (Å²) in [5, 5.41) is 6.87. The lowest BCUT2D eigenvalue weighted by Gasteiger charge is -2.21. The topological polar surface area (TPSA) is 102 Å². The highest BCUT2D eigenvalue weighted by atomic mass is 16.6. The van der Waals surface area contributed by atoms with Crippen LogP contribution in [-0.2, 0) is 9.53 Å². The second-order valence-electron chi connectivity index (χ2n) is 2.11. The van der Waals surface area contributed by atoms with Gasteiger partial charge in [0.05, 0.1) is 0 Å². The molecule has 0 aromatic carbocycles. The first-order valence-electron chi connectivity index (χ1n) is 2.69. The minimum Gasteiger partial charge on any atom is -0.437 e. The van der Waals surface area contributed by atoms with Crippen LogP contribution in [0.5, 0.6) is 0 Å². The van der Waals surface area contributed by atoms with Gasteiger partial charge in [0.2, 0.25) is 5.72 Å². The van der Waals surface area contributed by atoms with Gasteiger partial charge in [0, 0.05) is 6.92 Å². The predicted molar refractivity (Wildman–Crippen MR) is 36.3 cm³/mol. The molecule has 0 saturated carbocycles. The summed E-state index contributed by atoms with van der Waals surface area (Å²) < 4.78 is 4.49. The Morgan fingerprint density at radius 2 is 2.10 bits per heavy atom. The van der Waals surface area contributed by atoms with E-state index in [1.54, 1.807) is 0 Å². The highest BCUT2D eigenvalue weighted by Crippen LogP contribution is 1.99. The molecule has 0 aliphatic carbocycles. The zero-order valence-corrected chi connectivity index (χ0v) is 5.97. The summed E-state index contributed by atoms with van der Waals surface area (Å²) in [5.74, 6) is -0.928. The number of hydrogen-bond donors (Lipinski definition) is 3. The summed E-state index contributed by atoms with van der Waals surface area (Å²) in [6.45, 7) is 2.55. The molecule has 0 radical (unpaired) electrons. The van der Waals surface area contributed by atoms with Gasteiger partial charge in [-0.15, -0.1) is 0 Å². The second-order valence-corrected chi connectivity index (χ2v) is 2.11. The van der Waals surface area contributed by atoms with Crippen molar-refractivity contribution in [1.82, 2.24) is 0 Å². The van der Waals surface area contributed by atoms with Crippen molar-refractivity contribution in [2.24, 2.45) is 11.5 Å². The van der Waals surface area contributed by atoms with Crippen molar-refractivity contribution in [3.63, 3.8) is 0 Å². The third kappa shape index (κ3) is 2.45. The van der Waals surface area contributed by atoms with E-state index in [-0.39, 0.29) is 5.84 Å². The van der Waals surface area contributed by atoms with E-state index in [9.17, 15) is 4.79 Å². The Morgan fingerprint density at radius 1 is 1.70 bits per heavy atom. The van der Waals surface area contributed by atoms with Crippen LogP contribution in [0.2, 0.25) is 0 Å². The molecule has 0 heterocycles. The summed E-state index contributed by atoms with van der Waals surface area (Å²) in [4.78, 5) is 10.3. The molecular weight excluding hydrogens is 134 g/mol. The Hall–Kier alpha value is -1.10. The molecule has 0 fully saturated rings. The average molecular weight is 145 g/mol. The van der Waals surface area contributed by atoms with E-state index in [1.165, 1.54) is 13.8 Å². The van der Waals surface area contributed by atoms with Crippen molar-refractivity contribution in [3.8, 4) is 0 Å². The molecule has 0 spiro atoms. The van der Waals surface area contributed by atoms with Crippen molar-refractivity contribution in [2.75, 3.05) is 0 Å². The largest absolute Gasteiger partial charge is 0.437 e. The van der Waals surface area contributed by atoms with E-state index in [0.717, 1.165) is 0 Å². The maximum Gasteiger partial charge on any atom is 0.304 e. The highest BCUT2D eigenvalue weighted by Gasteiger charge is 2.25. The maximum absolute atomic E-state index is 10.3. The van der Waals surface area contributed by atoms with Crippen LogP contribution in [0.15, 0.2) is 0 Å². The van der Waals surface area contributed by atoms with E-state index in [2.05, 4.69) is 4.74 Å². The van der Waals surface area contributed by atoms with Gasteiger partial charge in [-0.2, -0.15) is 0 Å². The van der Waals surface area contributed by atoms with E-state index < -0.39 is 11.7 Å². The molecule has 0 aromatic rings. The van der Waals surface area contributed by atoms with Crippen LogP contribution in [0.1, 0.15) is 13.8 Å². The first kappa shape index (κ1) is 8.90. The SMILES string of the molecule is CC(=O)OC(C)(N)C(=N)N. The minimum absolute atomic E-state index is 0.372. The van der Waals surface area contributed by atoms with Gasteiger partial charge in [-0.05, 0) is 6.92 Å². The normalized spacial score (nSPS) is 15.5. The molecule has 0 saturated heterocycles. The van der Waals surface area contributed by atoms with Crippen LogP contribution >= 0.6 is 0 Å². The Bertz CT molecular complexity index is 164. The molecule has 1 atom stereocenters. The van der Waals surface area contributed by atoms with Gasteiger partial charge in [-0.1, -0.05) is 0 Å². The molecular formula is C5H11N3O2. The molecule has 5 heteroatoms. The number of carbonyl (C=O) groups excluding carboxylic acids is 1. The first-order valence-corrected chi connectivity index (χ1v) is 2.69. The number of esters is 1. The average Bonchev–Trinajstić information content (AvgIpc) is 1.60. The molecule has 0 aliphatic rings. The number of rotatable bonds is 2. The summed E-state index contributed by atoms with van der Waals surface area (Å²) >= 11 is 0.